The SMILES string of the molecule is Cc1nc(C)c([C@H](OC(C)(C)C)C(=O)O)c(N2CCC(C)(C)CC2)c1-c1ccc(C=Cc2ccc(F)cc2)cc1. The minimum Gasteiger partial charge on any atom is -0.479 e. The van der Waals surface area contributed by atoms with Crippen LogP contribution in [0.1, 0.15) is 81.6 Å². The average molecular weight is 545 g/mol. The van der Waals surface area contributed by atoms with Gasteiger partial charge in [-0.2, -0.15) is 0 Å². The molecule has 0 unspecified atom stereocenters. The Morgan fingerprint density at radius 2 is 1.50 bits per heavy atom. The number of aliphatic carboxylic acids is 1. The minimum atomic E-state index is -1.14. The molecule has 1 atom stereocenters. The molecule has 1 N–H and O–H groups in total. The van der Waals surface area contributed by atoms with Gasteiger partial charge in [-0.25, -0.2) is 9.18 Å². The van der Waals surface area contributed by atoms with Gasteiger partial charge in [0.05, 0.1) is 11.3 Å². The van der Waals surface area contributed by atoms with E-state index in [0.29, 0.717) is 11.3 Å². The van der Waals surface area contributed by atoms with E-state index in [4.69, 9.17) is 9.72 Å². The van der Waals surface area contributed by atoms with Gasteiger partial charge in [0.1, 0.15) is 5.82 Å². The molecule has 212 valence electrons. The topological polar surface area (TPSA) is 62.7 Å². The predicted octanol–water partition coefficient (Wildman–Crippen LogP) is 8.24. The van der Waals surface area contributed by atoms with Crippen LogP contribution in [0, 0.1) is 25.1 Å². The van der Waals surface area contributed by atoms with Crippen molar-refractivity contribution in [2.24, 2.45) is 5.41 Å². The highest BCUT2D eigenvalue weighted by Crippen LogP contribution is 2.44. The van der Waals surface area contributed by atoms with E-state index < -0.39 is 17.7 Å². The summed E-state index contributed by atoms with van der Waals surface area (Å²) in [6.45, 7) is 15.7. The first-order chi connectivity index (χ1) is 18.7. The summed E-state index contributed by atoms with van der Waals surface area (Å²) in [4.78, 5) is 19.8. The Morgan fingerprint density at radius 3 is 2.00 bits per heavy atom. The van der Waals surface area contributed by atoms with Crippen molar-refractivity contribution in [2.75, 3.05) is 18.0 Å². The molecule has 0 aliphatic carbocycles. The number of anilines is 1. The van der Waals surface area contributed by atoms with Crippen LogP contribution in [0.15, 0.2) is 48.5 Å². The summed E-state index contributed by atoms with van der Waals surface area (Å²) in [7, 11) is 0. The van der Waals surface area contributed by atoms with Crippen LogP contribution < -0.4 is 4.90 Å². The van der Waals surface area contributed by atoms with Crippen LogP contribution in [-0.2, 0) is 9.53 Å². The van der Waals surface area contributed by atoms with Crippen molar-refractivity contribution < 1.29 is 19.0 Å². The lowest BCUT2D eigenvalue weighted by molar-refractivity contribution is -0.160. The lowest BCUT2D eigenvalue weighted by Gasteiger charge is -2.41. The second kappa shape index (κ2) is 11.5. The number of carbonyl (C=O) groups is 1. The van der Waals surface area contributed by atoms with Crippen molar-refractivity contribution in [3.05, 3.63) is 82.4 Å². The van der Waals surface area contributed by atoms with Crippen molar-refractivity contribution in [1.29, 1.82) is 0 Å². The molecule has 6 heteroatoms. The largest absolute Gasteiger partial charge is 0.479 e. The van der Waals surface area contributed by atoms with Gasteiger partial charge in [0.15, 0.2) is 6.10 Å². The third kappa shape index (κ3) is 6.97. The molecule has 40 heavy (non-hydrogen) atoms. The van der Waals surface area contributed by atoms with Gasteiger partial charge in [-0.05, 0) is 81.7 Å². The fourth-order valence-corrected chi connectivity index (χ4v) is 5.28. The molecule has 2 heterocycles. The van der Waals surface area contributed by atoms with E-state index in [1.54, 1.807) is 12.1 Å². The van der Waals surface area contributed by atoms with Crippen molar-refractivity contribution >= 4 is 23.8 Å². The number of hydrogen-bond donors (Lipinski definition) is 1. The number of carboxylic acid groups (broad SMARTS) is 1. The molecule has 1 fully saturated rings. The van der Waals surface area contributed by atoms with Crippen LogP contribution in [0.4, 0.5) is 10.1 Å². The van der Waals surface area contributed by atoms with Crippen LogP contribution in [0.25, 0.3) is 23.3 Å². The Balaban J connectivity index is 1.82. The number of rotatable bonds is 7. The van der Waals surface area contributed by atoms with Gasteiger partial charge >= 0.3 is 5.97 Å². The first-order valence-corrected chi connectivity index (χ1v) is 13.9. The molecule has 1 aromatic heterocycles. The van der Waals surface area contributed by atoms with E-state index in [1.807, 2.05) is 58.9 Å². The summed E-state index contributed by atoms with van der Waals surface area (Å²) in [6.07, 6.45) is 4.82. The molecule has 0 amide bonds. The van der Waals surface area contributed by atoms with Gasteiger partial charge in [0.25, 0.3) is 0 Å². The standard InChI is InChI=1S/C34H41FN2O3/c1-22-28(26-14-10-24(11-15-26)8-9-25-12-16-27(35)17-13-25)30(37-20-18-34(6,7)19-21-37)29(23(2)36-22)31(32(38)39)40-33(3,4)5/h8-17,31H,18-21H2,1-7H3,(H,38,39)/t31-/m0/s1. The fraction of sp³-hybridized carbons (Fsp3) is 0.412. The summed E-state index contributed by atoms with van der Waals surface area (Å²) in [5.41, 5.74) is 6.50. The van der Waals surface area contributed by atoms with E-state index in [1.165, 1.54) is 12.1 Å². The lowest BCUT2D eigenvalue weighted by atomic mass is 9.81. The summed E-state index contributed by atoms with van der Waals surface area (Å²) < 4.78 is 19.4. The van der Waals surface area contributed by atoms with Gasteiger partial charge in [0, 0.05) is 35.6 Å². The second-order valence-electron chi connectivity index (χ2n) is 12.5. The molecule has 1 aliphatic rings. The number of aromatic nitrogens is 1. The number of ether oxygens (including phenoxy) is 1. The molecule has 4 rings (SSSR count). The number of aryl methyl sites for hydroxylation is 2. The molecule has 5 nitrogen and oxygen atoms in total. The van der Waals surface area contributed by atoms with Crippen molar-refractivity contribution in [3.63, 3.8) is 0 Å². The highest BCUT2D eigenvalue weighted by atomic mass is 19.1. The Labute approximate surface area is 237 Å². The van der Waals surface area contributed by atoms with Gasteiger partial charge < -0.3 is 14.7 Å². The Hall–Kier alpha value is -3.51. The summed E-state index contributed by atoms with van der Waals surface area (Å²) in [5, 5.41) is 10.4. The zero-order valence-corrected chi connectivity index (χ0v) is 24.7. The smallest absolute Gasteiger partial charge is 0.337 e. The number of halogens is 1. The highest BCUT2D eigenvalue weighted by Gasteiger charge is 2.36. The molecule has 1 aliphatic heterocycles. The van der Waals surface area contributed by atoms with Crippen molar-refractivity contribution in [3.8, 4) is 11.1 Å². The van der Waals surface area contributed by atoms with Crippen LogP contribution in [0.2, 0.25) is 0 Å². The van der Waals surface area contributed by atoms with Crippen LogP contribution in [-0.4, -0.2) is 34.8 Å². The molecule has 0 radical (unpaired) electrons. The fourth-order valence-electron chi connectivity index (χ4n) is 5.28. The quantitative estimate of drug-likeness (QED) is 0.304. The number of carboxylic acids is 1. The molecule has 0 bridgehead atoms. The highest BCUT2D eigenvalue weighted by molar-refractivity contribution is 5.88. The van der Waals surface area contributed by atoms with Gasteiger partial charge in [-0.15, -0.1) is 0 Å². The Morgan fingerprint density at radius 1 is 0.975 bits per heavy atom. The maximum absolute atomic E-state index is 13.2. The number of pyridine rings is 1. The number of nitrogens with zero attached hydrogens (tertiary/aromatic N) is 2. The molecule has 3 aromatic rings. The summed E-state index contributed by atoms with van der Waals surface area (Å²) in [5.74, 6) is -1.27. The summed E-state index contributed by atoms with van der Waals surface area (Å²) in [6, 6.07) is 14.6. The molecule has 1 saturated heterocycles. The van der Waals surface area contributed by atoms with Crippen molar-refractivity contribution in [2.45, 2.75) is 73.0 Å². The first-order valence-electron chi connectivity index (χ1n) is 13.9. The molecule has 2 aromatic carbocycles. The Kier molecular flexibility index (Phi) is 8.50. The van der Waals surface area contributed by atoms with Gasteiger partial charge in [-0.3, -0.25) is 4.98 Å². The number of benzene rings is 2. The van der Waals surface area contributed by atoms with E-state index in [-0.39, 0.29) is 11.2 Å². The van der Waals surface area contributed by atoms with Crippen LogP contribution >= 0.6 is 0 Å². The molecular weight excluding hydrogens is 503 g/mol. The minimum absolute atomic E-state index is 0.237. The van der Waals surface area contributed by atoms with E-state index in [2.05, 4.69) is 30.9 Å². The summed E-state index contributed by atoms with van der Waals surface area (Å²) >= 11 is 0. The zero-order chi connectivity index (χ0) is 29.2. The zero-order valence-electron chi connectivity index (χ0n) is 24.7. The average Bonchev–Trinajstić information content (AvgIpc) is 2.87. The number of hydrogen-bond acceptors (Lipinski definition) is 4. The lowest BCUT2D eigenvalue weighted by Crippen LogP contribution is -2.39. The van der Waals surface area contributed by atoms with Crippen molar-refractivity contribution in [1.82, 2.24) is 4.98 Å². The maximum atomic E-state index is 13.2. The third-order valence-corrected chi connectivity index (χ3v) is 7.51. The van der Waals surface area contributed by atoms with Crippen LogP contribution in [0.5, 0.6) is 0 Å². The molecular formula is C34H41FN2O3. The first kappa shape index (κ1) is 29.5. The molecule has 0 saturated carbocycles. The van der Waals surface area contributed by atoms with Crippen LogP contribution in [0.3, 0.4) is 0 Å². The van der Waals surface area contributed by atoms with E-state index >= 15 is 0 Å². The normalized spacial score (nSPS) is 16.4. The molecule has 0 spiro atoms. The van der Waals surface area contributed by atoms with Gasteiger partial charge in [-0.1, -0.05) is 62.4 Å². The third-order valence-electron chi connectivity index (χ3n) is 7.51. The maximum Gasteiger partial charge on any atom is 0.337 e. The predicted molar refractivity (Wildman–Crippen MR) is 161 cm³/mol. The second-order valence-corrected chi connectivity index (χ2v) is 12.5. The number of piperidine rings is 1. The van der Waals surface area contributed by atoms with E-state index in [0.717, 1.165) is 59.6 Å². The van der Waals surface area contributed by atoms with Gasteiger partial charge in [0.2, 0.25) is 0 Å². The van der Waals surface area contributed by atoms with E-state index in [9.17, 15) is 14.3 Å². The Bertz CT molecular complexity index is 1380. The monoisotopic (exact) mass is 544 g/mol.